The number of amides is 1. The molecule has 0 bridgehead atoms. The van der Waals surface area contributed by atoms with Crippen LogP contribution in [0.25, 0.3) is 0 Å². The summed E-state index contributed by atoms with van der Waals surface area (Å²) in [4.78, 5) is 16.4. The highest BCUT2D eigenvalue weighted by Gasteiger charge is 2.32. The Bertz CT molecular complexity index is 499. The number of nitrogens with zero attached hydrogens (tertiary/aromatic N) is 1. The highest BCUT2D eigenvalue weighted by atomic mass is 32.1. The van der Waals surface area contributed by atoms with E-state index in [1.807, 2.05) is 11.3 Å². The van der Waals surface area contributed by atoms with Gasteiger partial charge in [-0.15, -0.1) is 11.3 Å². The Morgan fingerprint density at radius 3 is 3.00 bits per heavy atom. The Morgan fingerprint density at radius 2 is 2.24 bits per heavy atom. The molecule has 2 aliphatic rings. The van der Waals surface area contributed by atoms with Crippen LogP contribution < -0.4 is 5.73 Å². The van der Waals surface area contributed by atoms with Crippen LogP contribution in [0.5, 0.6) is 0 Å². The Kier molecular flexibility index (Phi) is 4.65. The van der Waals surface area contributed by atoms with Crippen molar-refractivity contribution in [2.75, 3.05) is 6.54 Å². The number of carbonyl (C=O) groups is 1. The molecule has 0 spiro atoms. The largest absolute Gasteiger partial charge is 0.335 e. The minimum absolute atomic E-state index is 0.226. The maximum absolute atomic E-state index is 12.8. The molecule has 1 aliphatic heterocycles. The molecular weight excluding hydrogens is 280 g/mol. The van der Waals surface area contributed by atoms with Crippen LogP contribution in [-0.4, -0.2) is 23.4 Å². The van der Waals surface area contributed by atoms with E-state index in [0.717, 1.165) is 32.2 Å². The maximum Gasteiger partial charge on any atom is 0.223 e. The van der Waals surface area contributed by atoms with Crippen molar-refractivity contribution in [2.24, 2.45) is 11.7 Å². The van der Waals surface area contributed by atoms with Crippen molar-refractivity contribution < 1.29 is 4.79 Å². The fraction of sp³-hybridized carbons (Fsp3) is 0.706. The van der Waals surface area contributed by atoms with Gasteiger partial charge in [-0.05, 0) is 48.6 Å². The second-order valence-electron chi connectivity index (χ2n) is 6.47. The third-order valence-electron chi connectivity index (χ3n) is 5.21. The van der Waals surface area contributed by atoms with Crippen molar-refractivity contribution in [1.82, 2.24) is 4.90 Å². The summed E-state index contributed by atoms with van der Waals surface area (Å²) in [6.45, 7) is 3.07. The van der Waals surface area contributed by atoms with Crippen LogP contribution >= 0.6 is 11.3 Å². The fourth-order valence-electron chi connectivity index (χ4n) is 3.97. The van der Waals surface area contributed by atoms with E-state index in [2.05, 4.69) is 23.3 Å². The first-order valence-corrected chi connectivity index (χ1v) is 9.20. The minimum Gasteiger partial charge on any atom is -0.335 e. The topological polar surface area (TPSA) is 46.3 Å². The summed E-state index contributed by atoms with van der Waals surface area (Å²) in [6.07, 6.45) is 7.35. The van der Waals surface area contributed by atoms with E-state index in [0.29, 0.717) is 18.2 Å². The van der Waals surface area contributed by atoms with Gasteiger partial charge in [-0.3, -0.25) is 4.79 Å². The van der Waals surface area contributed by atoms with Gasteiger partial charge in [-0.2, -0.15) is 0 Å². The second-order valence-corrected chi connectivity index (χ2v) is 7.47. The number of nitrogens with two attached hydrogens (primary N) is 1. The number of hydrogen-bond acceptors (Lipinski definition) is 3. The van der Waals surface area contributed by atoms with E-state index in [9.17, 15) is 4.79 Å². The van der Waals surface area contributed by atoms with Crippen LogP contribution in [0.4, 0.5) is 0 Å². The van der Waals surface area contributed by atoms with Crippen LogP contribution in [0.15, 0.2) is 11.4 Å². The highest BCUT2D eigenvalue weighted by Crippen LogP contribution is 2.36. The summed E-state index contributed by atoms with van der Waals surface area (Å²) in [5.74, 6) is 0.716. The van der Waals surface area contributed by atoms with Crippen LogP contribution in [0.3, 0.4) is 0 Å². The zero-order chi connectivity index (χ0) is 14.8. The molecule has 4 heteroatoms. The van der Waals surface area contributed by atoms with Gasteiger partial charge in [-0.25, -0.2) is 0 Å². The average Bonchev–Trinajstić information content (AvgIpc) is 2.97. The van der Waals surface area contributed by atoms with E-state index in [-0.39, 0.29) is 12.1 Å². The summed E-state index contributed by atoms with van der Waals surface area (Å²) >= 11 is 1.84. The van der Waals surface area contributed by atoms with Crippen LogP contribution in [-0.2, 0) is 11.2 Å². The van der Waals surface area contributed by atoms with Crippen LogP contribution in [0, 0.1) is 5.92 Å². The zero-order valence-electron chi connectivity index (χ0n) is 12.9. The molecule has 1 aliphatic carbocycles. The van der Waals surface area contributed by atoms with Gasteiger partial charge in [0.25, 0.3) is 0 Å². The SMILES string of the molecule is CCC1c2ccsc2CCN1C(=O)CC1CCCCC1N. The number of thiophene rings is 1. The van der Waals surface area contributed by atoms with E-state index in [1.165, 1.54) is 23.3 Å². The summed E-state index contributed by atoms with van der Waals surface area (Å²) in [5, 5.41) is 2.17. The lowest BCUT2D eigenvalue weighted by Gasteiger charge is -2.37. The molecule has 2 N–H and O–H groups in total. The van der Waals surface area contributed by atoms with Crippen molar-refractivity contribution in [3.63, 3.8) is 0 Å². The number of carbonyl (C=O) groups excluding carboxylic acids is 1. The van der Waals surface area contributed by atoms with Gasteiger partial charge < -0.3 is 10.6 Å². The van der Waals surface area contributed by atoms with Crippen molar-refractivity contribution in [1.29, 1.82) is 0 Å². The third kappa shape index (κ3) is 3.02. The summed E-state index contributed by atoms with van der Waals surface area (Å²) in [5.41, 5.74) is 7.60. The van der Waals surface area contributed by atoms with Gasteiger partial charge in [-0.1, -0.05) is 19.8 Å². The van der Waals surface area contributed by atoms with Crippen molar-refractivity contribution in [3.8, 4) is 0 Å². The fourth-order valence-corrected chi connectivity index (χ4v) is 4.89. The van der Waals surface area contributed by atoms with Crippen LogP contribution in [0.2, 0.25) is 0 Å². The lowest BCUT2D eigenvalue weighted by molar-refractivity contribution is -0.135. The van der Waals surface area contributed by atoms with Crippen LogP contribution in [0.1, 0.15) is 61.9 Å². The predicted octanol–water partition coefficient (Wildman–Crippen LogP) is 3.49. The Balaban J connectivity index is 1.69. The molecular formula is C17H26N2OS. The molecule has 2 heterocycles. The second kappa shape index (κ2) is 6.49. The first-order valence-electron chi connectivity index (χ1n) is 8.32. The van der Waals surface area contributed by atoms with E-state index < -0.39 is 0 Å². The number of fused-ring (bicyclic) bond motifs is 1. The van der Waals surface area contributed by atoms with E-state index in [4.69, 9.17) is 5.73 Å². The van der Waals surface area contributed by atoms with Gasteiger partial charge in [0.05, 0.1) is 6.04 Å². The van der Waals surface area contributed by atoms with Gasteiger partial charge >= 0.3 is 0 Å². The van der Waals surface area contributed by atoms with Gasteiger partial charge in [0.1, 0.15) is 0 Å². The Morgan fingerprint density at radius 1 is 1.43 bits per heavy atom. The molecule has 0 radical (unpaired) electrons. The lowest BCUT2D eigenvalue weighted by Crippen LogP contribution is -2.42. The normalized spacial score (nSPS) is 29.2. The maximum atomic E-state index is 12.8. The van der Waals surface area contributed by atoms with E-state index >= 15 is 0 Å². The molecule has 1 fully saturated rings. The molecule has 0 saturated heterocycles. The molecule has 1 aromatic rings. The Hall–Kier alpha value is -0.870. The molecule has 3 nitrogen and oxygen atoms in total. The number of hydrogen-bond donors (Lipinski definition) is 1. The molecule has 3 atom stereocenters. The monoisotopic (exact) mass is 306 g/mol. The zero-order valence-corrected chi connectivity index (χ0v) is 13.7. The van der Waals surface area contributed by atoms with Crippen molar-refractivity contribution in [3.05, 3.63) is 21.9 Å². The standard InChI is InChI=1S/C17H26N2OS/c1-2-15-13-8-10-21-16(13)7-9-19(15)17(20)11-12-5-3-4-6-14(12)18/h8,10,12,14-15H,2-7,9,11,18H2,1H3. The molecule has 0 aromatic carbocycles. The quantitative estimate of drug-likeness (QED) is 0.929. The molecule has 3 unspecified atom stereocenters. The molecule has 1 amide bonds. The molecule has 1 aromatic heterocycles. The molecule has 3 rings (SSSR count). The first kappa shape index (κ1) is 15.0. The minimum atomic E-state index is 0.226. The summed E-state index contributed by atoms with van der Waals surface area (Å²) in [7, 11) is 0. The van der Waals surface area contributed by atoms with Crippen molar-refractivity contribution >= 4 is 17.2 Å². The molecule has 116 valence electrons. The smallest absolute Gasteiger partial charge is 0.223 e. The van der Waals surface area contributed by atoms with Crippen molar-refractivity contribution in [2.45, 2.75) is 64.0 Å². The highest BCUT2D eigenvalue weighted by molar-refractivity contribution is 7.10. The van der Waals surface area contributed by atoms with Gasteiger partial charge in [0.2, 0.25) is 5.91 Å². The summed E-state index contributed by atoms with van der Waals surface area (Å²) in [6, 6.07) is 2.72. The third-order valence-corrected chi connectivity index (χ3v) is 6.20. The molecule has 1 saturated carbocycles. The average molecular weight is 306 g/mol. The predicted molar refractivity (Wildman–Crippen MR) is 87.3 cm³/mol. The van der Waals surface area contributed by atoms with Gasteiger partial charge in [0.15, 0.2) is 0 Å². The summed E-state index contributed by atoms with van der Waals surface area (Å²) < 4.78 is 0. The first-order chi connectivity index (χ1) is 10.2. The lowest BCUT2D eigenvalue weighted by atomic mass is 9.82. The molecule has 21 heavy (non-hydrogen) atoms. The Labute approximate surface area is 131 Å². The van der Waals surface area contributed by atoms with Gasteiger partial charge in [0, 0.05) is 23.9 Å². The number of rotatable bonds is 3. The van der Waals surface area contributed by atoms with E-state index in [1.54, 1.807) is 0 Å².